The first-order valence-electron chi connectivity index (χ1n) is 13.3. The van der Waals surface area contributed by atoms with Crippen molar-refractivity contribution in [2.24, 2.45) is 5.41 Å². The molecular formula is C30H34BrFN4O4S. The summed E-state index contributed by atoms with van der Waals surface area (Å²) >= 11 is 4.80. The van der Waals surface area contributed by atoms with Crippen LogP contribution in [0.2, 0.25) is 0 Å². The van der Waals surface area contributed by atoms with E-state index in [-0.39, 0.29) is 24.6 Å². The molecule has 2 heterocycles. The monoisotopic (exact) mass is 644 g/mol. The Morgan fingerprint density at radius 1 is 1.15 bits per heavy atom. The molecule has 0 radical (unpaired) electrons. The number of nitrogens with one attached hydrogen (secondary N) is 2. The molecule has 0 bridgehead atoms. The standard InChI is InChI=1S/C30H34BrFN4O4S/c1-16(18-6-8-19(9-7-18)25-17(2)33-15-41-25)34-28(39)24-13-21(37)14-36(24)29(40)26(30(3,4)5)35-27(38)22-12-20(31)10-11-23(22)32/h6-12,15-16,21,24,26,37H,13-14H2,1-5H3,(H,34,39)(H,35,38)/t16?,21-,24+,26?/m1/s1. The summed E-state index contributed by atoms with van der Waals surface area (Å²) in [7, 11) is 0. The van der Waals surface area contributed by atoms with Crippen molar-refractivity contribution in [3.63, 3.8) is 0 Å². The normalized spacial score (nSPS) is 18.6. The molecule has 4 atom stereocenters. The van der Waals surface area contributed by atoms with E-state index < -0.39 is 47.1 Å². The molecule has 0 saturated carbocycles. The lowest BCUT2D eigenvalue weighted by molar-refractivity contribution is -0.142. The van der Waals surface area contributed by atoms with E-state index in [1.54, 1.807) is 37.6 Å². The maximum absolute atomic E-state index is 14.4. The predicted molar refractivity (Wildman–Crippen MR) is 160 cm³/mol. The molecule has 1 fully saturated rings. The van der Waals surface area contributed by atoms with E-state index in [4.69, 9.17) is 0 Å². The van der Waals surface area contributed by atoms with Crippen LogP contribution in [0.5, 0.6) is 0 Å². The van der Waals surface area contributed by atoms with Gasteiger partial charge in [0.25, 0.3) is 5.91 Å². The zero-order chi connectivity index (χ0) is 30.1. The number of thiazole rings is 1. The van der Waals surface area contributed by atoms with E-state index >= 15 is 0 Å². The van der Waals surface area contributed by atoms with Crippen molar-refractivity contribution in [3.05, 3.63) is 75.1 Å². The van der Waals surface area contributed by atoms with Crippen LogP contribution in [-0.4, -0.2) is 57.4 Å². The zero-order valence-corrected chi connectivity index (χ0v) is 26.0. The number of carbonyl (C=O) groups is 3. The molecule has 3 aromatic rings. The fourth-order valence-electron chi connectivity index (χ4n) is 4.90. The second-order valence-electron chi connectivity index (χ2n) is 11.4. The Bertz CT molecular complexity index is 1440. The minimum absolute atomic E-state index is 0.0537. The van der Waals surface area contributed by atoms with Crippen LogP contribution in [0.1, 0.15) is 61.8 Å². The molecule has 41 heavy (non-hydrogen) atoms. The van der Waals surface area contributed by atoms with E-state index in [9.17, 15) is 23.9 Å². The van der Waals surface area contributed by atoms with Crippen LogP contribution in [-0.2, 0) is 9.59 Å². The number of aryl methyl sites for hydroxylation is 1. The highest BCUT2D eigenvalue weighted by atomic mass is 79.9. The van der Waals surface area contributed by atoms with Gasteiger partial charge in [0.1, 0.15) is 17.9 Å². The molecule has 1 saturated heterocycles. The van der Waals surface area contributed by atoms with Crippen LogP contribution < -0.4 is 10.6 Å². The van der Waals surface area contributed by atoms with Gasteiger partial charge in [-0.05, 0) is 48.6 Å². The van der Waals surface area contributed by atoms with Crippen molar-refractivity contribution in [1.29, 1.82) is 0 Å². The van der Waals surface area contributed by atoms with E-state index in [0.29, 0.717) is 4.47 Å². The van der Waals surface area contributed by atoms with Gasteiger partial charge in [0.2, 0.25) is 11.8 Å². The minimum atomic E-state index is -1.07. The smallest absolute Gasteiger partial charge is 0.254 e. The van der Waals surface area contributed by atoms with Gasteiger partial charge >= 0.3 is 0 Å². The van der Waals surface area contributed by atoms with Crippen LogP contribution >= 0.6 is 27.3 Å². The maximum Gasteiger partial charge on any atom is 0.254 e. The van der Waals surface area contributed by atoms with Crippen molar-refractivity contribution in [2.75, 3.05) is 6.54 Å². The summed E-state index contributed by atoms with van der Waals surface area (Å²) in [6.45, 7) is 9.08. The van der Waals surface area contributed by atoms with Crippen molar-refractivity contribution in [1.82, 2.24) is 20.5 Å². The van der Waals surface area contributed by atoms with Crippen molar-refractivity contribution in [2.45, 2.75) is 65.3 Å². The minimum Gasteiger partial charge on any atom is -0.391 e. The summed E-state index contributed by atoms with van der Waals surface area (Å²) in [5.74, 6) is -2.39. The van der Waals surface area contributed by atoms with Crippen LogP contribution in [0, 0.1) is 18.2 Å². The largest absolute Gasteiger partial charge is 0.391 e. The highest BCUT2D eigenvalue weighted by molar-refractivity contribution is 9.10. The molecule has 11 heteroatoms. The molecule has 2 unspecified atom stereocenters. The fraction of sp³-hybridized carbons (Fsp3) is 0.400. The number of aromatic nitrogens is 1. The molecule has 3 N–H and O–H groups in total. The Balaban J connectivity index is 1.49. The number of nitrogens with zero attached hydrogens (tertiary/aromatic N) is 2. The Labute approximate surface area is 251 Å². The van der Waals surface area contributed by atoms with E-state index in [2.05, 4.69) is 31.5 Å². The molecule has 1 aromatic heterocycles. The number of aliphatic hydroxyl groups excluding tert-OH is 1. The number of likely N-dealkylation sites (tertiary alicyclic amines) is 1. The lowest BCUT2D eigenvalue weighted by Gasteiger charge is -2.35. The summed E-state index contributed by atoms with van der Waals surface area (Å²) in [5, 5.41) is 16.1. The van der Waals surface area contributed by atoms with Gasteiger partial charge in [-0.25, -0.2) is 9.37 Å². The quantitative estimate of drug-likeness (QED) is 0.335. The third-order valence-electron chi connectivity index (χ3n) is 7.20. The third kappa shape index (κ3) is 7.02. The van der Waals surface area contributed by atoms with Crippen LogP contribution in [0.4, 0.5) is 4.39 Å². The number of carbonyl (C=O) groups excluding carboxylic acids is 3. The number of hydrogen-bond acceptors (Lipinski definition) is 6. The summed E-state index contributed by atoms with van der Waals surface area (Å²) in [6, 6.07) is 9.48. The van der Waals surface area contributed by atoms with Gasteiger partial charge in [0.15, 0.2) is 0 Å². The van der Waals surface area contributed by atoms with E-state index in [1.807, 2.05) is 38.1 Å². The van der Waals surface area contributed by atoms with Gasteiger partial charge in [0.05, 0.1) is 33.8 Å². The molecule has 0 spiro atoms. The van der Waals surface area contributed by atoms with Gasteiger partial charge in [-0.3, -0.25) is 14.4 Å². The number of aliphatic hydroxyl groups is 1. The second-order valence-corrected chi connectivity index (χ2v) is 13.2. The summed E-state index contributed by atoms with van der Waals surface area (Å²) in [4.78, 5) is 47.0. The number of benzene rings is 2. The van der Waals surface area contributed by atoms with Crippen molar-refractivity contribution in [3.8, 4) is 10.4 Å². The molecule has 8 nitrogen and oxygen atoms in total. The zero-order valence-electron chi connectivity index (χ0n) is 23.6. The Morgan fingerprint density at radius 3 is 2.44 bits per heavy atom. The molecular weight excluding hydrogens is 611 g/mol. The lowest BCUT2D eigenvalue weighted by Crippen LogP contribution is -2.58. The highest BCUT2D eigenvalue weighted by Crippen LogP contribution is 2.30. The molecule has 0 aliphatic carbocycles. The van der Waals surface area contributed by atoms with Crippen molar-refractivity contribution >= 4 is 45.0 Å². The number of hydrogen-bond donors (Lipinski definition) is 3. The van der Waals surface area contributed by atoms with Gasteiger partial charge in [-0.1, -0.05) is 61.0 Å². The Hall–Kier alpha value is -3.15. The SMILES string of the molecule is Cc1ncsc1-c1ccc(C(C)NC(=O)[C@@H]2C[C@@H](O)CN2C(=O)C(NC(=O)c2cc(Br)ccc2F)C(C)(C)C)cc1. The molecule has 2 aromatic carbocycles. The lowest BCUT2D eigenvalue weighted by atomic mass is 9.85. The molecule has 1 aliphatic heterocycles. The average Bonchev–Trinajstić information content (AvgIpc) is 3.52. The maximum atomic E-state index is 14.4. The fourth-order valence-corrected chi connectivity index (χ4v) is 6.07. The Kier molecular flexibility index (Phi) is 9.30. The second kappa shape index (κ2) is 12.4. The predicted octanol–water partition coefficient (Wildman–Crippen LogP) is 5.00. The molecule has 218 valence electrons. The Morgan fingerprint density at radius 2 is 1.83 bits per heavy atom. The summed E-state index contributed by atoms with van der Waals surface area (Å²) < 4.78 is 14.9. The first-order valence-corrected chi connectivity index (χ1v) is 15.0. The summed E-state index contributed by atoms with van der Waals surface area (Å²) in [5.41, 5.74) is 3.72. The van der Waals surface area contributed by atoms with Crippen molar-refractivity contribution < 1.29 is 23.9 Å². The number of rotatable bonds is 7. The van der Waals surface area contributed by atoms with Crippen LogP contribution in [0.15, 0.2) is 52.4 Å². The molecule has 1 aliphatic rings. The van der Waals surface area contributed by atoms with Gasteiger partial charge in [0, 0.05) is 17.4 Å². The number of amides is 3. The summed E-state index contributed by atoms with van der Waals surface area (Å²) in [6.07, 6.45) is -0.829. The topological polar surface area (TPSA) is 112 Å². The molecule has 4 rings (SSSR count). The van der Waals surface area contributed by atoms with E-state index in [0.717, 1.165) is 21.7 Å². The third-order valence-corrected chi connectivity index (χ3v) is 8.67. The van der Waals surface area contributed by atoms with E-state index in [1.165, 1.54) is 23.1 Å². The number of β-amino-alcohol motifs (C(OH)–C–C–N with tert-alkyl or cyclic N) is 1. The first-order chi connectivity index (χ1) is 19.3. The number of halogens is 2. The molecule has 3 amide bonds. The van der Waals surface area contributed by atoms with Gasteiger partial charge in [-0.2, -0.15) is 0 Å². The average molecular weight is 646 g/mol. The highest BCUT2D eigenvalue weighted by Gasteiger charge is 2.45. The van der Waals surface area contributed by atoms with Gasteiger partial charge < -0.3 is 20.6 Å². The van der Waals surface area contributed by atoms with Crippen LogP contribution in [0.3, 0.4) is 0 Å². The first kappa shape index (κ1) is 30.8. The van der Waals surface area contributed by atoms with Crippen LogP contribution in [0.25, 0.3) is 10.4 Å². The van der Waals surface area contributed by atoms with Gasteiger partial charge in [-0.15, -0.1) is 11.3 Å².